The van der Waals surface area contributed by atoms with Crippen LogP contribution >= 0.6 is 0 Å². The fourth-order valence-electron chi connectivity index (χ4n) is 2.32. The van der Waals surface area contributed by atoms with Gasteiger partial charge in [0.25, 0.3) is 11.2 Å². The maximum atomic E-state index is 11.8. The smallest absolute Gasteiger partial charge is 0.285 e. The van der Waals surface area contributed by atoms with E-state index in [0.717, 1.165) is 16.2 Å². The van der Waals surface area contributed by atoms with Gasteiger partial charge in [0, 0.05) is 17.7 Å². The molecule has 1 aromatic heterocycles. The fourth-order valence-corrected chi connectivity index (χ4v) is 2.32. The molecule has 0 aliphatic carbocycles. The molecular weight excluding hydrogens is 298 g/mol. The maximum absolute atomic E-state index is 11.8. The predicted octanol–water partition coefficient (Wildman–Crippen LogP) is 0.828. The predicted molar refractivity (Wildman–Crippen MR) is 85.6 cm³/mol. The van der Waals surface area contributed by atoms with E-state index in [1.165, 1.54) is 22.9 Å². The number of nitrogens with zero attached hydrogens (tertiary/aromatic N) is 2. The van der Waals surface area contributed by atoms with Crippen LogP contribution in [0.2, 0.25) is 0 Å². The van der Waals surface area contributed by atoms with E-state index in [-0.39, 0.29) is 11.2 Å². The van der Waals surface area contributed by atoms with Gasteiger partial charge >= 0.3 is 0 Å². The number of hydrogen-bond donors (Lipinski definition) is 1. The third-order valence-corrected chi connectivity index (χ3v) is 3.36. The van der Waals surface area contributed by atoms with Crippen molar-refractivity contribution in [2.75, 3.05) is 13.7 Å². The average Bonchev–Trinajstić information content (AvgIpc) is 2.51. The van der Waals surface area contributed by atoms with E-state index in [1.807, 2.05) is 38.2 Å². The number of nitro groups is 1. The van der Waals surface area contributed by atoms with Gasteiger partial charge in [-0.15, -0.1) is 0 Å². The maximum Gasteiger partial charge on any atom is 0.285 e. The lowest BCUT2D eigenvalue weighted by Gasteiger charge is -2.15. The van der Waals surface area contributed by atoms with Gasteiger partial charge in [-0.05, 0) is 31.2 Å². The zero-order valence-corrected chi connectivity index (χ0v) is 13.2. The minimum absolute atomic E-state index is 0.0848. The Bertz CT molecular complexity index is 725. The summed E-state index contributed by atoms with van der Waals surface area (Å²) in [6.45, 7) is 3.61. The zero-order valence-electron chi connectivity index (χ0n) is 13.2. The summed E-state index contributed by atoms with van der Waals surface area (Å²) >= 11 is 0. The Labute approximate surface area is 133 Å². The van der Waals surface area contributed by atoms with Crippen LogP contribution in [0.15, 0.2) is 47.4 Å². The Hall–Kier alpha value is -2.67. The average molecular weight is 318 g/mol. The molecule has 7 heteroatoms. The Morgan fingerprint density at radius 2 is 1.91 bits per heavy atom. The Kier molecular flexibility index (Phi) is 5.48. The Morgan fingerprint density at radius 3 is 2.52 bits per heavy atom. The lowest BCUT2D eigenvalue weighted by atomic mass is 10.2. The summed E-state index contributed by atoms with van der Waals surface area (Å²) in [5.74, 6) is 0.823. The van der Waals surface area contributed by atoms with Crippen LogP contribution in [0, 0.1) is 10.1 Å². The summed E-state index contributed by atoms with van der Waals surface area (Å²) in [6, 6.07) is 10.2. The first-order valence-electron chi connectivity index (χ1n) is 7.37. The molecule has 1 heterocycles. The Morgan fingerprint density at radius 1 is 1.22 bits per heavy atom. The van der Waals surface area contributed by atoms with Gasteiger partial charge in [0.05, 0.1) is 24.8 Å². The van der Waals surface area contributed by atoms with Crippen molar-refractivity contribution in [3.63, 3.8) is 0 Å². The number of pyridine rings is 1. The minimum Gasteiger partial charge on any atom is -0.494 e. The van der Waals surface area contributed by atoms with E-state index in [9.17, 15) is 14.9 Å². The van der Waals surface area contributed by atoms with Crippen molar-refractivity contribution in [3.05, 3.63) is 68.6 Å². The number of hydrogen-bond acceptors (Lipinski definition) is 4. The molecule has 2 aromatic rings. The summed E-state index contributed by atoms with van der Waals surface area (Å²) in [7, 11) is 1.93. The second-order valence-corrected chi connectivity index (χ2v) is 5.32. The number of quaternary nitrogens is 1. The summed E-state index contributed by atoms with van der Waals surface area (Å²) in [5, 5.41) is 10.8. The second kappa shape index (κ2) is 7.55. The van der Waals surface area contributed by atoms with Crippen molar-refractivity contribution < 1.29 is 14.6 Å². The first kappa shape index (κ1) is 16.7. The second-order valence-electron chi connectivity index (χ2n) is 5.32. The van der Waals surface area contributed by atoms with Crippen LogP contribution < -0.4 is 15.2 Å². The third kappa shape index (κ3) is 4.65. The third-order valence-electron chi connectivity index (χ3n) is 3.36. The van der Waals surface area contributed by atoms with Gasteiger partial charge in [0.1, 0.15) is 12.3 Å². The van der Waals surface area contributed by atoms with Crippen LogP contribution in [-0.4, -0.2) is 23.1 Å². The van der Waals surface area contributed by atoms with Crippen LogP contribution in [0.4, 0.5) is 5.69 Å². The number of ether oxygens (including phenoxy) is 1. The largest absolute Gasteiger partial charge is 0.494 e. The summed E-state index contributed by atoms with van der Waals surface area (Å²) in [4.78, 5) is 23.1. The molecule has 0 spiro atoms. The number of benzene rings is 1. The van der Waals surface area contributed by atoms with Gasteiger partial charge in [-0.25, -0.2) is 0 Å². The molecule has 0 saturated carbocycles. The van der Waals surface area contributed by atoms with Gasteiger partial charge in [-0.1, -0.05) is 0 Å². The van der Waals surface area contributed by atoms with Gasteiger partial charge < -0.3 is 9.64 Å². The van der Waals surface area contributed by atoms with Crippen LogP contribution in [0.25, 0.3) is 0 Å². The molecule has 0 radical (unpaired) electrons. The highest BCUT2D eigenvalue weighted by molar-refractivity contribution is 5.27. The monoisotopic (exact) mass is 318 g/mol. The van der Waals surface area contributed by atoms with Crippen molar-refractivity contribution in [3.8, 4) is 5.75 Å². The molecule has 2 rings (SSSR count). The summed E-state index contributed by atoms with van der Waals surface area (Å²) < 4.78 is 6.76. The molecular formula is C16H20N3O4+. The first-order chi connectivity index (χ1) is 11.0. The number of rotatable bonds is 7. The van der Waals surface area contributed by atoms with Crippen LogP contribution in [0.5, 0.6) is 5.75 Å². The lowest BCUT2D eigenvalue weighted by molar-refractivity contribution is -0.917. The molecule has 1 atom stereocenters. The molecule has 122 valence electrons. The van der Waals surface area contributed by atoms with E-state index in [1.54, 1.807) is 0 Å². The highest BCUT2D eigenvalue weighted by atomic mass is 16.6. The summed E-state index contributed by atoms with van der Waals surface area (Å²) in [5.41, 5.74) is 0.768. The molecule has 0 bridgehead atoms. The lowest BCUT2D eigenvalue weighted by Crippen LogP contribution is -3.07. The van der Waals surface area contributed by atoms with Crippen molar-refractivity contribution in [1.29, 1.82) is 0 Å². The fraction of sp³-hybridized carbons (Fsp3) is 0.312. The molecule has 0 amide bonds. The first-order valence-corrected chi connectivity index (χ1v) is 7.37. The number of nitrogens with one attached hydrogen (secondary N) is 1. The van der Waals surface area contributed by atoms with Crippen LogP contribution in [0.1, 0.15) is 12.5 Å². The Balaban J connectivity index is 2.04. The van der Waals surface area contributed by atoms with E-state index >= 15 is 0 Å². The molecule has 23 heavy (non-hydrogen) atoms. The normalized spacial score (nSPS) is 11.9. The van der Waals surface area contributed by atoms with Crippen molar-refractivity contribution in [2.45, 2.75) is 20.1 Å². The van der Waals surface area contributed by atoms with Crippen LogP contribution in [0.3, 0.4) is 0 Å². The zero-order chi connectivity index (χ0) is 16.8. The topological polar surface area (TPSA) is 78.8 Å². The molecule has 0 aliphatic heterocycles. The quantitative estimate of drug-likeness (QED) is 0.606. The molecule has 0 aliphatic rings. The highest BCUT2D eigenvalue weighted by Gasteiger charge is 2.11. The van der Waals surface area contributed by atoms with E-state index in [4.69, 9.17) is 4.74 Å². The SMILES string of the molecule is CCOc1ccc(C[NH+](C)Cn2cc([N+](=O)[O-])ccc2=O)cc1. The highest BCUT2D eigenvalue weighted by Crippen LogP contribution is 2.11. The standard InChI is InChI=1S/C16H19N3O4/c1-3-23-15-7-4-13(5-8-15)10-17(2)12-18-11-14(19(21)22)6-9-16(18)20/h4-9,11H,3,10,12H2,1-2H3/p+1. The molecule has 1 unspecified atom stereocenters. The van der Waals surface area contributed by atoms with Gasteiger partial charge in [0.15, 0.2) is 6.67 Å². The van der Waals surface area contributed by atoms with Gasteiger partial charge in [0.2, 0.25) is 0 Å². The van der Waals surface area contributed by atoms with Gasteiger partial charge in [-0.3, -0.25) is 19.5 Å². The summed E-state index contributed by atoms with van der Waals surface area (Å²) in [6.07, 6.45) is 1.28. The molecule has 1 aromatic carbocycles. The van der Waals surface area contributed by atoms with Crippen molar-refractivity contribution in [2.24, 2.45) is 0 Å². The van der Waals surface area contributed by atoms with Crippen molar-refractivity contribution >= 4 is 5.69 Å². The molecule has 0 fully saturated rings. The van der Waals surface area contributed by atoms with Crippen LogP contribution in [-0.2, 0) is 13.2 Å². The van der Waals surface area contributed by atoms with E-state index < -0.39 is 4.92 Å². The van der Waals surface area contributed by atoms with E-state index in [2.05, 4.69) is 0 Å². The van der Waals surface area contributed by atoms with E-state index in [0.29, 0.717) is 19.8 Å². The molecule has 7 nitrogen and oxygen atoms in total. The minimum atomic E-state index is -0.502. The number of aromatic nitrogens is 1. The molecule has 0 saturated heterocycles. The van der Waals surface area contributed by atoms with Gasteiger partial charge in [-0.2, -0.15) is 0 Å². The van der Waals surface area contributed by atoms with Crippen molar-refractivity contribution in [1.82, 2.24) is 4.57 Å². The molecule has 1 N–H and O–H groups in total.